The van der Waals surface area contributed by atoms with Crippen molar-refractivity contribution < 1.29 is 9.18 Å². The number of hydrogen-bond donors (Lipinski definition) is 0. The number of carbonyl (C=O) groups excluding carboxylic acids is 1. The van der Waals surface area contributed by atoms with E-state index in [9.17, 15) is 9.18 Å². The van der Waals surface area contributed by atoms with Crippen LogP contribution in [0.3, 0.4) is 0 Å². The Labute approximate surface area is 112 Å². The standard InChI is InChI=1S/C17H15FO/c1-11(19)16-8-7-15(18)10-17(16)14-6-5-12-3-2-4-13(12)9-14/h5-10H,2-4H2,1H3. The molecular weight excluding hydrogens is 239 g/mol. The average molecular weight is 254 g/mol. The Morgan fingerprint density at radius 1 is 1.05 bits per heavy atom. The Kier molecular flexibility index (Phi) is 2.94. The normalized spacial score (nSPS) is 13.4. The molecule has 0 heterocycles. The van der Waals surface area contributed by atoms with Crippen LogP contribution in [0.1, 0.15) is 34.8 Å². The minimum atomic E-state index is -0.305. The van der Waals surface area contributed by atoms with Crippen molar-refractivity contribution in [3.8, 4) is 11.1 Å². The first kappa shape index (κ1) is 12.1. The van der Waals surface area contributed by atoms with Crippen molar-refractivity contribution in [1.82, 2.24) is 0 Å². The van der Waals surface area contributed by atoms with Crippen LogP contribution in [-0.2, 0) is 12.8 Å². The van der Waals surface area contributed by atoms with Gasteiger partial charge in [-0.2, -0.15) is 0 Å². The molecule has 0 amide bonds. The van der Waals surface area contributed by atoms with Crippen molar-refractivity contribution in [2.45, 2.75) is 26.2 Å². The largest absolute Gasteiger partial charge is 0.294 e. The van der Waals surface area contributed by atoms with Crippen LogP contribution >= 0.6 is 0 Å². The molecule has 0 radical (unpaired) electrons. The van der Waals surface area contributed by atoms with E-state index in [1.165, 1.54) is 36.6 Å². The summed E-state index contributed by atoms with van der Waals surface area (Å²) in [6, 6.07) is 10.6. The molecule has 0 aromatic heterocycles. The average Bonchev–Trinajstić information content (AvgIpc) is 2.85. The third-order valence-electron chi connectivity index (χ3n) is 3.77. The third-order valence-corrected chi connectivity index (χ3v) is 3.77. The minimum Gasteiger partial charge on any atom is -0.294 e. The van der Waals surface area contributed by atoms with Gasteiger partial charge in [0.15, 0.2) is 5.78 Å². The second-order valence-corrected chi connectivity index (χ2v) is 5.08. The molecule has 19 heavy (non-hydrogen) atoms. The van der Waals surface area contributed by atoms with Crippen molar-refractivity contribution in [2.24, 2.45) is 0 Å². The van der Waals surface area contributed by atoms with Crippen LogP contribution in [0.15, 0.2) is 36.4 Å². The molecule has 2 heteroatoms. The van der Waals surface area contributed by atoms with Crippen LogP contribution in [-0.4, -0.2) is 5.78 Å². The summed E-state index contributed by atoms with van der Waals surface area (Å²) in [5.41, 5.74) is 4.92. The number of Topliss-reactive ketones (excluding diaryl/α,β-unsaturated/α-hetero) is 1. The molecular formula is C17H15FO. The second kappa shape index (κ2) is 4.61. The molecule has 1 nitrogen and oxygen atoms in total. The molecule has 2 aromatic rings. The smallest absolute Gasteiger partial charge is 0.160 e. The van der Waals surface area contributed by atoms with Gasteiger partial charge in [-0.3, -0.25) is 4.79 Å². The van der Waals surface area contributed by atoms with Crippen LogP contribution in [0.2, 0.25) is 0 Å². The van der Waals surface area contributed by atoms with Gasteiger partial charge in [0, 0.05) is 5.56 Å². The second-order valence-electron chi connectivity index (χ2n) is 5.08. The quantitative estimate of drug-likeness (QED) is 0.735. The lowest BCUT2D eigenvalue weighted by atomic mass is 9.95. The molecule has 1 aliphatic rings. The van der Waals surface area contributed by atoms with Crippen molar-refractivity contribution >= 4 is 5.78 Å². The number of aryl methyl sites for hydroxylation is 2. The van der Waals surface area contributed by atoms with E-state index < -0.39 is 0 Å². The number of hydrogen-bond acceptors (Lipinski definition) is 1. The van der Waals surface area contributed by atoms with Gasteiger partial charge in [0.25, 0.3) is 0 Å². The summed E-state index contributed by atoms with van der Waals surface area (Å²) >= 11 is 0. The van der Waals surface area contributed by atoms with E-state index in [1.807, 2.05) is 6.07 Å². The third kappa shape index (κ3) is 2.19. The highest BCUT2D eigenvalue weighted by Crippen LogP contribution is 2.30. The zero-order valence-electron chi connectivity index (χ0n) is 10.9. The minimum absolute atomic E-state index is 0.0319. The van der Waals surface area contributed by atoms with E-state index in [4.69, 9.17) is 0 Å². The highest BCUT2D eigenvalue weighted by molar-refractivity contribution is 6.00. The maximum Gasteiger partial charge on any atom is 0.160 e. The van der Waals surface area contributed by atoms with E-state index in [2.05, 4.69) is 12.1 Å². The van der Waals surface area contributed by atoms with Crippen LogP contribution in [0.4, 0.5) is 4.39 Å². The molecule has 0 bridgehead atoms. The summed E-state index contributed by atoms with van der Waals surface area (Å²) < 4.78 is 13.5. The molecule has 0 fully saturated rings. The summed E-state index contributed by atoms with van der Waals surface area (Å²) in [5.74, 6) is -0.337. The molecule has 1 aliphatic carbocycles. The summed E-state index contributed by atoms with van der Waals surface area (Å²) in [5, 5.41) is 0. The molecule has 0 unspecified atom stereocenters. The predicted octanol–water partition coefficient (Wildman–Crippen LogP) is 4.18. The van der Waals surface area contributed by atoms with E-state index in [0.717, 1.165) is 18.4 Å². The SMILES string of the molecule is CC(=O)c1ccc(F)cc1-c1ccc2c(c1)CCC2. The van der Waals surface area contributed by atoms with Crippen molar-refractivity contribution in [3.63, 3.8) is 0 Å². The lowest BCUT2D eigenvalue weighted by Crippen LogP contribution is -1.97. The first-order valence-corrected chi connectivity index (χ1v) is 6.58. The van der Waals surface area contributed by atoms with Gasteiger partial charge in [0.1, 0.15) is 5.82 Å². The van der Waals surface area contributed by atoms with E-state index in [-0.39, 0.29) is 11.6 Å². The van der Waals surface area contributed by atoms with Gasteiger partial charge in [-0.05, 0) is 66.6 Å². The number of rotatable bonds is 2. The highest BCUT2D eigenvalue weighted by Gasteiger charge is 2.14. The Morgan fingerprint density at radius 2 is 1.84 bits per heavy atom. The predicted molar refractivity (Wildman–Crippen MR) is 73.9 cm³/mol. The van der Waals surface area contributed by atoms with E-state index in [0.29, 0.717) is 11.1 Å². The monoisotopic (exact) mass is 254 g/mol. The van der Waals surface area contributed by atoms with Gasteiger partial charge in [-0.15, -0.1) is 0 Å². The fraction of sp³-hybridized carbons (Fsp3) is 0.235. The zero-order valence-corrected chi connectivity index (χ0v) is 10.9. The molecule has 0 spiro atoms. The molecule has 0 saturated heterocycles. The zero-order chi connectivity index (χ0) is 13.4. The fourth-order valence-corrected chi connectivity index (χ4v) is 2.80. The van der Waals surface area contributed by atoms with Gasteiger partial charge in [-0.1, -0.05) is 18.2 Å². The molecule has 3 rings (SSSR count). The summed E-state index contributed by atoms with van der Waals surface area (Å²) in [4.78, 5) is 11.7. The van der Waals surface area contributed by atoms with Crippen LogP contribution in [0, 0.1) is 5.82 Å². The molecule has 0 N–H and O–H groups in total. The molecule has 0 aliphatic heterocycles. The van der Waals surface area contributed by atoms with Gasteiger partial charge in [0.2, 0.25) is 0 Å². The van der Waals surface area contributed by atoms with Crippen molar-refractivity contribution in [2.75, 3.05) is 0 Å². The summed E-state index contributed by atoms with van der Waals surface area (Å²) in [7, 11) is 0. The Balaban J connectivity index is 2.16. The Morgan fingerprint density at radius 3 is 2.63 bits per heavy atom. The van der Waals surface area contributed by atoms with E-state index in [1.54, 1.807) is 6.07 Å². The van der Waals surface area contributed by atoms with E-state index >= 15 is 0 Å². The number of halogens is 1. The molecule has 96 valence electrons. The van der Waals surface area contributed by atoms with Gasteiger partial charge in [-0.25, -0.2) is 4.39 Å². The van der Waals surface area contributed by atoms with Crippen LogP contribution in [0.5, 0.6) is 0 Å². The molecule has 0 saturated carbocycles. The lowest BCUT2D eigenvalue weighted by molar-refractivity contribution is 0.101. The van der Waals surface area contributed by atoms with Gasteiger partial charge in [0.05, 0.1) is 0 Å². The fourth-order valence-electron chi connectivity index (χ4n) is 2.80. The summed E-state index contributed by atoms with van der Waals surface area (Å²) in [6.45, 7) is 1.52. The maximum atomic E-state index is 13.5. The van der Waals surface area contributed by atoms with Crippen LogP contribution in [0.25, 0.3) is 11.1 Å². The maximum absolute atomic E-state index is 13.5. The van der Waals surface area contributed by atoms with Gasteiger partial charge < -0.3 is 0 Å². The first-order valence-electron chi connectivity index (χ1n) is 6.58. The number of benzene rings is 2. The lowest BCUT2D eigenvalue weighted by Gasteiger charge is -2.09. The topological polar surface area (TPSA) is 17.1 Å². The van der Waals surface area contributed by atoms with Crippen molar-refractivity contribution in [1.29, 1.82) is 0 Å². The number of fused-ring (bicyclic) bond motifs is 1. The Bertz CT molecular complexity index is 658. The molecule has 2 aromatic carbocycles. The first-order chi connectivity index (χ1) is 9.15. The highest BCUT2D eigenvalue weighted by atomic mass is 19.1. The Hall–Kier alpha value is -1.96. The molecule has 0 atom stereocenters. The number of ketones is 1. The number of carbonyl (C=O) groups is 1. The van der Waals surface area contributed by atoms with Crippen molar-refractivity contribution in [3.05, 3.63) is 58.9 Å². The van der Waals surface area contributed by atoms with Gasteiger partial charge >= 0.3 is 0 Å². The summed E-state index contributed by atoms with van der Waals surface area (Å²) in [6.07, 6.45) is 3.38. The van der Waals surface area contributed by atoms with Crippen LogP contribution < -0.4 is 0 Å².